The minimum atomic E-state index is -0.450. The molecular weight excluding hydrogens is 416 g/mol. The van der Waals surface area contributed by atoms with Gasteiger partial charge in [-0.1, -0.05) is 30.3 Å². The average Bonchev–Trinajstić information content (AvgIpc) is 3.25. The lowest BCUT2D eigenvalue weighted by Gasteiger charge is -2.38. The first-order valence-corrected chi connectivity index (χ1v) is 10.9. The van der Waals surface area contributed by atoms with Crippen LogP contribution in [0.3, 0.4) is 0 Å². The fraction of sp³-hybridized carbons (Fsp3) is 0.259. The Bertz CT molecular complexity index is 1210. The molecule has 2 aromatic carbocycles. The molecule has 2 amide bonds. The predicted octanol–water partition coefficient (Wildman–Crippen LogP) is 5.09. The van der Waals surface area contributed by atoms with Crippen LogP contribution in [0.2, 0.25) is 0 Å². The zero-order valence-electron chi connectivity index (χ0n) is 19.3. The molecule has 0 saturated carbocycles. The molecule has 4 rings (SSSR count). The minimum Gasteiger partial charge on any atom is -0.487 e. The van der Waals surface area contributed by atoms with Crippen molar-refractivity contribution < 1.29 is 18.7 Å². The zero-order chi connectivity index (χ0) is 23.6. The van der Waals surface area contributed by atoms with Gasteiger partial charge in [0.05, 0.1) is 12.3 Å². The van der Waals surface area contributed by atoms with Gasteiger partial charge in [0.15, 0.2) is 0 Å². The molecule has 3 aromatic rings. The van der Waals surface area contributed by atoms with Crippen molar-refractivity contribution in [1.82, 2.24) is 10.6 Å². The van der Waals surface area contributed by atoms with Crippen LogP contribution < -0.4 is 15.4 Å². The maximum Gasteiger partial charge on any atom is 0.268 e. The average molecular weight is 445 g/mol. The molecule has 0 spiro atoms. The lowest BCUT2D eigenvalue weighted by atomic mass is 9.89. The van der Waals surface area contributed by atoms with E-state index in [-0.39, 0.29) is 17.6 Å². The van der Waals surface area contributed by atoms with E-state index in [2.05, 4.69) is 10.6 Å². The van der Waals surface area contributed by atoms with Crippen LogP contribution >= 0.6 is 0 Å². The highest BCUT2D eigenvalue weighted by molar-refractivity contribution is 6.05. The number of fused-ring (bicyclic) bond motifs is 1. The molecule has 6 nitrogen and oxygen atoms in total. The summed E-state index contributed by atoms with van der Waals surface area (Å²) < 4.78 is 11.5. The summed E-state index contributed by atoms with van der Waals surface area (Å²) in [5.74, 6) is 0.470. The summed E-state index contributed by atoms with van der Waals surface area (Å²) in [6.07, 6.45) is 3.64. The van der Waals surface area contributed by atoms with E-state index in [0.29, 0.717) is 17.7 Å². The van der Waals surface area contributed by atoms with Gasteiger partial charge in [-0.25, -0.2) is 0 Å². The molecular formula is C27H28N2O4. The van der Waals surface area contributed by atoms with E-state index in [1.165, 1.54) is 12.3 Å². The summed E-state index contributed by atoms with van der Waals surface area (Å²) in [4.78, 5) is 26.4. The predicted molar refractivity (Wildman–Crippen MR) is 127 cm³/mol. The highest BCUT2D eigenvalue weighted by Gasteiger charge is 2.35. The van der Waals surface area contributed by atoms with Crippen molar-refractivity contribution in [2.75, 3.05) is 0 Å². The first-order chi connectivity index (χ1) is 15.7. The molecule has 2 N–H and O–H groups in total. The van der Waals surface area contributed by atoms with Crippen LogP contribution in [0, 0.1) is 13.8 Å². The van der Waals surface area contributed by atoms with E-state index >= 15 is 0 Å². The SMILES string of the molecule is Cc1ccc2c(c1)OC(C)(C)CC2NC(=O)/C(=C/c1ccco1)NC(=O)c1ccccc1C. The van der Waals surface area contributed by atoms with Gasteiger partial charge in [-0.3, -0.25) is 9.59 Å². The first-order valence-electron chi connectivity index (χ1n) is 10.9. The minimum absolute atomic E-state index is 0.108. The van der Waals surface area contributed by atoms with Crippen LogP contribution in [-0.4, -0.2) is 17.4 Å². The maximum atomic E-state index is 13.4. The van der Waals surface area contributed by atoms with Crippen molar-refractivity contribution in [2.45, 2.75) is 45.8 Å². The highest BCUT2D eigenvalue weighted by atomic mass is 16.5. The molecule has 0 fully saturated rings. The van der Waals surface area contributed by atoms with E-state index in [1.54, 1.807) is 24.3 Å². The number of rotatable bonds is 5. The van der Waals surface area contributed by atoms with Crippen LogP contribution in [-0.2, 0) is 4.79 Å². The monoisotopic (exact) mass is 444 g/mol. The van der Waals surface area contributed by atoms with Gasteiger partial charge in [0, 0.05) is 23.6 Å². The lowest BCUT2D eigenvalue weighted by Crippen LogP contribution is -2.43. The third kappa shape index (κ3) is 5.17. The van der Waals surface area contributed by atoms with Gasteiger partial charge in [-0.2, -0.15) is 0 Å². The number of carbonyl (C=O) groups excluding carboxylic acids is 2. The number of furan rings is 1. The summed E-state index contributed by atoms with van der Waals surface area (Å²) in [5, 5.41) is 5.86. The van der Waals surface area contributed by atoms with E-state index in [9.17, 15) is 9.59 Å². The molecule has 1 aromatic heterocycles. The second-order valence-corrected chi connectivity index (χ2v) is 8.98. The van der Waals surface area contributed by atoms with Gasteiger partial charge in [0.25, 0.3) is 11.8 Å². The Morgan fingerprint density at radius 3 is 2.58 bits per heavy atom. The topological polar surface area (TPSA) is 80.6 Å². The number of carbonyl (C=O) groups is 2. The van der Waals surface area contributed by atoms with Gasteiger partial charge >= 0.3 is 0 Å². The van der Waals surface area contributed by atoms with Gasteiger partial charge < -0.3 is 19.8 Å². The molecule has 0 bridgehead atoms. The summed E-state index contributed by atoms with van der Waals surface area (Å²) in [6.45, 7) is 7.85. The molecule has 1 aliphatic heterocycles. The Morgan fingerprint density at radius 1 is 1.06 bits per heavy atom. The van der Waals surface area contributed by atoms with E-state index in [1.807, 2.05) is 58.0 Å². The summed E-state index contributed by atoms with van der Waals surface area (Å²) in [7, 11) is 0. The van der Waals surface area contributed by atoms with Crippen molar-refractivity contribution in [1.29, 1.82) is 0 Å². The van der Waals surface area contributed by atoms with Crippen LogP contribution in [0.25, 0.3) is 6.08 Å². The third-order valence-electron chi connectivity index (χ3n) is 5.64. The molecule has 33 heavy (non-hydrogen) atoms. The number of benzene rings is 2. The molecule has 2 heterocycles. The Hall–Kier alpha value is -3.80. The number of nitrogens with one attached hydrogen (secondary N) is 2. The second-order valence-electron chi connectivity index (χ2n) is 8.98. The summed E-state index contributed by atoms with van der Waals surface area (Å²) >= 11 is 0. The second kappa shape index (κ2) is 8.98. The van der Waals surface area contributed by atoms with Crippen LogP contribution in [0.4, 0.5) is 0 Å². The van der Waals surface area contributed by atoms with E-state index in [0.717, 1.165) is 22.4 Å². The van der Waals surface area contributed by atoms with Gasteiger partial charge in [-0.15, -0.1) is 0 Å². The molecule has 0 aliphatic carbocycles. The zero-order valence-corrected chi connectivity index (χ0v) is 19.3. The van der Waals surface area contributed by atoms with Crippen molar-refractivity contribution in [3.05, 3.63) is 94.6 Å². The Balaban J connectivity index is 1.62. The molecule has 170 valence electrons. The maximum absolute atomic E-state index is 13.4. The van der Waals surface area contributed by atoms with Crippen LogP contribution in [0.15, 0.2) is 71.0 Å². The normalized spacial score (nSPS) is 17.0. The number of hydrogen-bond donors (Lipinski definition) is 2. The highest BCUT2D eigenvalue weighted by Crippen LogP contribution is 2.40. The summed E-state index contributed by atoms with van der Waals surface area (Å²) in [5.41, 5.74) is 2.98. The van der Waals surface area contributed by atoms with Crippen LogP contribution in [0.5, 0.6) is 5.75 Å². The third-order valence-corrected chi connectivity index (χ3v) is 5.64. The van der Waals surface area contributed by atoms with E-state index in [4.69, 9.17) is 9.15 Å². The Labute approximate surface area is 193 Å². The largest absolute Gasteiger partial charge is 0.487 e. The molecule has 6 heteroatoms. The van der Waals surface area contributed by atoms with Crippen LogP contribution in [0.1, 0.15) is 59.1 Å². The summed E-state index contributed by atoms with van der Waals surface area (Å²) in [6, 6.07) is 16.4. The Kier molecular flexibility index (Phi) is 6.09. The lowest BCUT2D eigenvalue weighted by molar-refractivity contribution is -0.119. The number of ether oxygens (including phenoxy) is 1. The van der Waals surface area contributed by atoms with Crippen molar-refractivity contribution in [3.63, 3.8) is 0 Å². The van der Waals surface area contributed by atoms with Gasteiger partial charge in [0.2, 0.25) is 0 Å². The quantitative estimate of drug-likeness (QED) is 0.538. The van der Waals surface area contributed by atoms with Gasteiger partial charge in [-0.05, 0) is 63.1 Å². The fourth-order valence-electron chi connectivity index (χ4n) is 4.01. The Morgan fingerprint density at radius 2 is 1.85 bits per heavy atom. The standard InChI is InChI=1S/C27H28N2O4/c1-17-11-12-21-23(16-27(3,4)33-24(21)14-17)29-26(31)22(15-19-9-7-13-32-19)28-25(30)20-10-6-5-8-18(20)2/h5-15,23H,16H2,1-4H3,(H,28,30)(H,29,31)/b22-15-. The molecule has 1 aliphatic rings. The number of amides is 2. The number of hydrogen-bond acceptors (Lipinski definition) is 4. The smallest absolute Gasteiger partial charge is 0.268 e. The first kappa shape index (κ1) is 22.4. The molecule has 1 atom stereocenters. The van der Waals surface area contributed by atoms with E-state index < -0.39 is 11.5 Å². The van der Waals surface area contributed by atoms with Gasteiger partial charge in [0.1, 0.15) is 22.8 Å². The number of aryl methyl sites for hydroxylation is 2. The van der Waals surface area contributed by atoms with Crippen molar-refractivity contribution in [3.8, 4) is 5.75 Å². The molecule has 0 saturated heterocycles. The fourth-order valence-corrected chi connectivity index (χ4v) is 4.01. The molecule has 0 radical (unpaired) electrons. The van der Waals surface area contributed by atoms with Crippen molar-refractivity contribution >= 4 is 17.9 Å². The molecule has 1 unspecified atom stereocenters. The van der Waals surface area contributed by atoms with Crippen molar-refractivity contribution in [2.24, 2.45) is 0 Å².